The van der Waals surface area contributed by atoms with E-state index in [0.717, 1.165) is 11.5 Å². The van der Waals surface area contributed by atoms with Crippen molar-refractivity contribution in [3.05, 3.63) is 60.3 Å². The highest BCUT2D eigenvalue weighted by atomic mass is 32.2. The lowest BCUT2D eigenvalue weighted by Gasteiger charge is -2.49. The number of β-lactam (4-membered cyclic amide) rings is 1. The minimum absolute atomic E-state index is 0.0139. The van der Waals surface area contributed by atoms with Gasteiger partial charge in [0.25, 0.3) is 11.8 Å². The molecule has 1 fully saturated rings. The monoisotopic (exact) mass is 610 g/mol. The summed E-state index contributed by atoms with van der Waals surface area (Å²) in [6.07, 6.45) is 5.01. The highest BCUT2D eigenvalue weighted by Gasteiger charge is 2.55. The number of amides is 2. The van der Waals surface area contributed by atoms with Gasteiger partial charge in [-0.15, -0.1) is 11.8 Å². The molecule has 4 heterocycles. The summed E-state index contributed by atoms with van der Waals surface area (Å²) in [4.78, 5) is 48.8. The number of hydrogen-bond acceptors (Lipinski definition) is 12. The second-order valence-corrected chi connectivity index (χ2v) is 11.9. The number of aliphatic carboxylic acids is 1. The Labute approximate surface area is 236 Å². The Morgan fingerprint density at radius 3 is 2.70 bits per heavy atom. The first-order chi connectivity index (χ1) is 19.2. The molecule has 0 saturated carbocycles. The number of carbonyl (C=O) groups is 3. The molecule has 2 aromatic rings. The normalized spacial score (nSPS) is 19.0. The molecule has 2 amide bonds. The van der Waals surface area contributed by atoms with Gasteiger partial charge in [0.1, 0.15) is 23.7 Å². The van der Waals surface area contributed by atoms with Gasteiger partial charge in [0.05, 0.1) is 0 Å². The van der Waals surface area contributed by atoms with Crippen LogP contribution in [0.5, 0.6) is 0 Å². The number of aromatic nitrogens is 3. The van der Waals surface area contributed by atoms with Gasteiger partial charge in [-0.2, -0.15) is 9.36 Å². The quantitative estimate of drug-likeness (QED) is 0.0556. The molecule has 2 aliphatic rings. The molecule has 2 atom stereocenters. The van der Waals surface area contributed by atoms with E-state index in [2.05, 4.69) is 31.5 Å². The molecule has 3 N–H and O–H groups in total. The molecule has 212 valence electrons. The van der Waals surface area contributed by atoms with Gasteiger partial charge in [-0.1, -0.05) is 23.9 Å². The van der Waals surface area contributed by atoms with E-state index in [4.69, 9.17) is 13.9 Å². The van der Waals surface area contributed by atoms with Gasteiger partial charge < -0.3 is 15.3 Å². The Hall–Kier alpha value is -3.63. The summed E-state index contributed by atoms with van der Waals surface area (Å²) in [5.41, 5.74) is 0.105. The van der Waals surface area contributed by atoms with E-state index in [1.807, 2.05) is 22.8 Å². The topological polar surface area (TPSA) is 186 Å². The molecular weight excluding hydrogens is 585 g/mol. The Bertz CT molecular complexity index is 1410. The molecule has 1 unspecified atom stereocenters. The average molecular weight is 611 g/mol. The molecule has 0 aliphatic carbocycles. The Morgan fingerprint density at radius 2 is 2.05 bits per heavy atom. The van der Waals surface area contributed by atoms with E-state index < -0.39 is 36.9 Å². The lowest BCUT2D eigenvalue weighted by Crippen LogP contribution is -2.71. The lowest BCUT2D eigenvalue weighted by atomic mass is 10.0. The number of nitrogens with zero attached hydrogens (tertiary/aromatic N) is 5. The van der Waals surface area contributed by atoms with Gasteiger partial charge in [0.2, 0.25) is 16.7 Å². The molecule has 15 nitrogen and oxygen atoms in total. The molecule has 18 heteroatoms. The summed E-state index contributed by atoms with van der Waals surface area (Å²) in [5.74, 6) is -2.48. The SMILES string of the molecule is C=CCON=C(C(=O)NC1C(=O)N2C(C(=O)O)=C(C[n+]3ccccc3)CS[C@@H]12)c1nsc(NP(=O)(OC)OC)n1. The first-order valence-electron chi connectivity index (χ1n) is 11.5. The van der Waals surface area contributed by atoms with Crippen LogP contribution in [0.1, 0.15) is 5.82 Å². The maximum Gasteiger partial charge on any atom is 0.434 e. The summed E-state index contributed by atoms with van der Waals surface area (Å²) < 4.78 is 27.9. The highest BCUT2D eigenvalue weighted by molar-refractivity contribution is 8.00. The fourth-order valence-electron chi connectivity index (χ4n) is 3.76. The van der Waals surface area contributed by atoms with E-state index in [-0.39, 0.29) is 29.0 Å². The van der Waals surface area contributed by atoms with E-state index in [1.165, 1.54) is 37.0 Å². The lowest BCUT2D eigenvalue weighted by molar-refractivity contribution is -0.689. The van der Waals surface area contributed by atoms with E-state index in [1.54, 1.807) is 12.4 Å². The maximum absolute atomic E-state index is 13.2. The van der Waals surface area contributed by atoms with Crippen molar-refractivity contribution in [1.82, 2.24) is 19.6 Å². The molecule has 2 aliphatic heterocycles. The van der Waals surface area contributed by atoms with Crippen LogP contribution in [0.2, 0.25) is 0 Å². The highest BCUT2D eigenvalue weighted by Crippen LogP contribution is 2.46. The van der Waals surface area contributed by atoms with Gasteiger partial charge in [-0.25, -0.2) is 13.9 Å². The molecule has 0 radical (unpaired) electrons. The van der Waals surface area contributed by atoms with Gasteiger partial charge in [-0.3, -0.25) is 28.6 Å². The van der Waals surface area contributed by atoms with Crippen molar-refractivity contribution in [2.45, 2.75) is 18.0 Å². The fourth-order valence-corrected chi connectivity index (χ4v) is 6.64. The number of nitrogens with one attached hydrogen (secondary N) is 2. The van der Waals surface area contributed by atoms with Gasteiger partial charge >= 0.3 is 13.7 Å². The van der Waals surface area contributed by atoms with Crippen LogP contribution in [-0.2, 0) is 39.4 Å². The summed E-state index contributed by atoms with van der Waals surface area (Å²) in [7, 11) is -1.33. The van der Waals surface area contributed by atoms with Crippen molar-refractivity contribution >= 4 is 59.7 Å². The van der Waals surface area contributed by atoms with Crippen LogP contribution >= 0.6 is 31.0 Å². The number of carboxylic acids is 1. The zero-order chi connectivity index (χ0) is 28.9. The third-order valence-corrected chi connectivity index (χ3v) is 9.17. The third kappa shape index (κ3) is 6.23. The summed E-state index contributed by atoms with van der Waals surface area (Å²) in [5, 5.41) is 18.1. The predicted octanol–water partition coefficient (Wildman–Crippen LogP) is 0.984. The van der Waals surface area contributed by atoms with Gasteiger partial charge in [0, 0.05) is 49.2 Å². The minimum Gasteiger partial charge on any atom is -0.477 e. The molecule has 40 heavy (non-hydrogen) atoms. The van der Waals surface area contributed by atoms with Gasteiger partial charge in [-0.05, 0) is 0 Å². The minimum atomic E-state index is -3.69. The zero-order valence-corrected chi connectivity index (χ0v) is 23.8. The predicted molar refractivity (Wildman–Crippen MR) is 144 cm³/mol. The molecule has 1 saturated heterocycles. The Kier molecular flexibility index (Phi) is 9.32. The van der Waals surface area contributed by atoms with Crippen LogP contribution < -0.4 is 15.0 Å². The second-order valence-electron chi connectivity index (χ2n) is 8.09. The first-order valence-corrected chi connectivity index (χ1v) is 14.9. The van der Waals surface area contributed by atoms with Crippen LogP contribution in [0.3, 0.4) is 0 Å². The van der Waals surface area contributed by atoms with Crippen LogP contribution in [0, 0.1) is 0 Å². The zero-order valence-electron chi connectivity index (χ0n) is 21.3. The maximum atomic E-state index is 13.2. The van der Waals surface area contributed by atoms with Crippen LogP contribution in [0.15, 0.2) is 59.7 Å². The number of fused-ring (bicyclic) bond motifs is 1. The third-order valence-electron chi connectivity index (χ3n) is 5.60. The molecule has 0 aromatic carbocycles. The van der Waals surface area contributed by atoms with E-state index in [9.17, 15) is 24.1 Å². The summed E-state index contributed by atoms with van der Waals surface area (Å²) in [6, 6.07) is 4.46. The fraction of sp³-hybridized carbons (Fsp3) is 0.318. The Morgan fingerprint density at radius 1 is 1.32 bits per heavy atom. The first kappa shape index (κ1) is 29.4. The van der Waals surface area contributed by atoms with Crippen molar-refractivity contribution in [1.29, 1.82) is 0 Å². The number of anilines is 1. The van der Waals surface area contributed by atoms with Crippen molar-refractivity contribution in [2.75, 3.05) is 31.7 Å². The summed E-state index contributed by atoms with van der Waals surface area (Å²) >= 11 is 2.09. The average Bonchev–Trinajstić information content (AvgIpc) is 3.41. The summed E-state index contributed by atoms with van der Waals surface area (Å²) in [6.45, 7) is 3.79. The van der Waals surface area contributed by atoms with Crippen LogP contribution in [0.25, 0.3) is 0 Å². The number of rotatable bonds is 13. The number of pyridine rings is 1. The van der Waals surface area contributed by atoms with Crippen LogP contribution in [0.4, 0.5) is 5.13 Å². The molecule has 4 rings (SSSR count). The van der Waals surface area contributed by atoms with E-state index in [0.29, 0.717) is 17.9 Å². The molecule has 2 aromatic heterocycles. The largest absolute Gasteiger partial charge is 0.477 e. The molecular formula is C22H25N7O8PS2+. The molecule has 0 spiro atoms. The number of oxime groups is 1. The number of carboxylic acid groups (broad SMARTS) is 1. The number of thioether (sulfide) groups is 1. The van der Waals surface area contributed by atoms with Crippen molar-refractivity contribution < 1.29 is 42.5 Å². The van der Waals surface area contributed by atoms with Crippen molar-refractivity contribution in [3.63, 3.8) is 0 Å². The standard InChI is InChI=1S/C22H24N7O8PS2/c1-4-10-37-25-14(17-24-22(40-27-17)26-38(34,35-2)36-3)18(30)23-15-19(31)29-16(21(32)33)13(12-39-20(15)29)11-28-8-6-5-7-9-28/h4-9,15,20H,1,10-12H2,2-3H3,(H2-,23,24,26,27,30,32,33,34)/p+1/t15?,20-/m0/s1. The van der Waals surface area contributed by atoms with E-state index >= 15 is 0 Å². The van der Waals surface area contributed by atoms with Crippen molar-refractivity contribution in [2.24, 2.45) is 5.16 Å². The van der Waals surface area contributed by atoms with Gasteiger partial charge in [0.15, 0.2) is 18.9 Å². The number of carbonyl (C=O) groups excluding carboxylic acids is 2. The molecule has 0 bridgehead atoms. The van der Waals surface area contributed by atoms with Crippen LogP contribution in [-0.4, -0.2) is 80.9 Å². The number of hydrogen-bond donors (Lipinski definition) is 3. The second kappa shape index (κ2) is 12.7. The van der Waals surface area contributed by atoms with Crippen molar-refractivity contribution in [3.8, 4) is 0 Å². The Balaban J connectivity index is 1.52. The smallest absolute Gasteiger partial charge is 0.434 e.